The Morgan fingerprint density at radius 2 is 1.95 bits per heavy atom. The van der Waals surface area contributed by atoms with E-state index in [0.29, 0.717) is 18.4 Å². The van der Waals surface area contributed by atoms with Crippen molar-refractivity contribution in [1.29, 1.82) is 0 Å². The van der Waals surface area contributed by atoms with Crippen LogP contribution in [-0.2, 0) is 9.53 Å². The molecule has 0 aromatic heterocycles. The molecular formula is C16H27NO2. The van der Waals surface area contributed by atoms with Gasteiger partial charge in [0.25, 0.3) is 0 Å². The first-order chi connectivity index (χ1) is 9.22. The lowest BCUT2D eigenvalue weighted by atomic mass is 9.74. The van der Waals surface area contributed by atoms with E-state index in [-0.39, 0.29) is 17.9 Å². The van der Waals surface area contributed by atoms with Crippen LogP contribution < -0.4 is 0 Å². The number of ether oxygens (including phenoxy) is 1. The molecule has 3 heteroatoms. The van der Waals surface area contributed by atoms with Gasteiger partial charge in [-0.05, 0) is 44.7 Å². The molecule has 1 fully saturated rings. The molecule has 2 aliphatic carbocycles. The van der Waals surface area contributed by atoms with Crippen LogP contribution in [0.25, 0.3) is 0 Å². The summed E-state index contributed by atoms with van der Waals surface area (Å²) in [5.41, 5.74) is 0. The SMILES string of the molecule is CCOC(=O)[C@H]1[C@@H]2CCC[C@@H]2C=C[C@@H]1N(CC)CC. The minimum atomic E-state index is 0.0145. The zero-order chi connectivity index (χ0) is 13.8. The van der Waals surface area contributed by atoms with Gasteiger partial charge in [-0.2, -0.15) is 0 Å². The summed E-state index contributed by atoms with van der Waals surface area (Å²) in [6, 6.07) is 0.230. The fraction of sp³-hybridized carbons (Fsp3) is 0.812. The Morgan fingerprint density at radius 1 is 1.21 bits per heavy atom. The number of carbonyl (C=O) groups is 1. The van der Waals surface area contributed by atoms with Crippen LogP contribution in [-0.4, -0.2) is 36.6 Å². The molecule has 1 saturated carbocycles. The van der Waals surface area contributed by atoms with Gasteiger partial charge in [0, 0.05) is 6.04 Å². The van der Waals surface area contributed by atoms with Crippen molar-refractivity contribution in [3.63, 3.8) is 0 Å². The molecule has 0 heterocycles. The summed E-state index contributed by atoms with van der Waals surface area (Å²) in [7, 11) is 0. The standard InChI is InChI=1S/C16H27NO2/c1-4-17(5-2)14-11-10-12-8-7-9-13(12)15(14)16(18)19-6-3/h10-15H,4-9H2,1-3H3/t12-,13-,14+,15+/m1/s1. The quantitative estimate of drug-likeness (QED) is 0.565. The van der Waals surface area contributed by atoms with Crippen LogP contribution in [0.5, 0.6) is 0 Å². The lowest BCUT2D eigenvalue weighted by molar-refractivity contribution is -0.153. The first-order valence-corrected chi connectivity index (χ1v) is 7.81. The van der Waals surface area contributed by atoms with Gasteiger partial charge in [0.15, 0.2) is 0 Å². The van der Waals surface area contributed by atoms with Crippen molar-refractivity contribution in [1.82, 2.24) is 4.90 Å². The van der Waals surface area contributed by atoms with Crippen LogP contribution in [0.4, 0.5) is 0 Å². The van der Waals surface area contributed by atoms with Crippen molar-refractivity contribution in [2.75, 3.05) is 19.7 Å². The topological polar surface area (TPSA) is 29.5 Å². The van der Waals surface area contributed by atoms with E-state index in [0.717, 1.165) is 13.1 Å². The molecule has 0 amide bonds. The summed E-state index contributed by atoms with van der Waals surface area (Å²) >= 11 is 0. The first-order valence-electron chi connectivity index (χ1n) is 7.81. The van der Waals surface area contributed by atoms with Gasteiger partial charge in [-0.1, -0.05) is 32.4 Å². The van der Waals surface area contributed by atoms with Crippen LogP contribution in [0.2, 0.25) is 0 Å². The van der Waals surface area contributed by atoms with E-state index < -0.39 is 0 Å². The third kappa shape index (κ3) is 2.86. The maximum absolute atomic E-state index is 12.4. The van der Waals surface area contributed by atoms with Gasteiger partial charge in [0.05, 0.1) is 12.5 Å². The average Bonchev–Trinajstić information content (AvgIpc) is 2.88. The Kier molecular flexibility index (Phi) is 5.03. The molecule has 0 spiro atoms. The summed E-state index contributed by atoms with van der Waals surface area (Å²) < 4.78 is 5.36. The predicted octanol–water partition coefficient (Wildman–Crippen LogP) is 2.86. The van der Waals surface area contributed by atoms with E-state index in [2.05, 4.69) is 30.9 Å². The lowest BCUT2D eigenvalue weighted by Gasteiger charge is -2.40. The molecule has 0 bridgehead atoms. The highest BCUT2D eigenvalue weighted by Crippen LogP contribution is 2.44. The van der Waals surface area contributed by atoms with Crippen LogP contribution in [0, 0.1) is 17.8 Å². The fourth-order valence-electron chi connectivity index (χ4n) is 3.88. The van der Waals surface area contributed by atoms with E-state index in [1.165, 1.54) is 19.3 Å². The first kappa shape index (κ1) is 14.6. The van der Waals surface area contributed by atoms with Gasteiger partial charge in [0.1, 0.15) is 0 Å². The van der Waals surface area contributed by atoms with Gasteiger partial charge in [0.2, 0.25) is 0 Å². The van der Waals surface area contributed by atoms with Crippen LogP contribution >= 0.6 is 0 Å². The minimum absolute atomic E-state index is 0.0145. The number of fused-ring (bicyclic) bond motifs is 1. The van der Waals surface area contributed by atoms with Gasteiger partial charge >= 0.3 is 5.97 Å². The van der Waals surface area contributed by atoms with E-state index in [1.54, 1.807) is 0 Å². The second-order valence-corrected chi connectivity index (χ2v) is 5.63. The van der Waals surface area contributed by atoms with Gasteiger partial charge in [-0.3, -0.25) is 9.69 Å². The number of likely N-dealkylation sites (N-methyl/N-ethyl adjacent to an activating group) is 1. The third-order valence-corrected chi connectivity index (χ3v) is 4.80. The monoisotopic (exact) mass is 265 g/mol. The van der Waals surface area contributed by atoms with E-state index in [1.807, 2.05) is 6.92 Å². The number of hydrogen-bond acceptors (Lipinski definition) is 3. The molecule has 108 valence electrons. The van der Waals surface area contributed by atoms with E-state index >= 15 is 0 Å². The van der Waals surface area contributed by atoms with Crippen molar-refractivity contribution in [2.24, 2.45) is 17.8 Å². The molecule has 0 N–H and O–H groups in total. The molecule has 19 heavy (non-hydrogen) atoms. The molecule has 0 radical (unpaired) electrons. The Bertz CT molecular complexity index is 336. The van der Waals surface area contributed by atoms with Crippen molar-refractivity contribution in [3.05, 3.63) is 12.2 Å². The van der Waals surface area contributed by atoms with Crippen LogP contribution in [0.3, 0.4) is 0 Å². The van der Waals surface area contributed by atoms with Crippen LogP contribution in [0.1, 0.15) is 40.0 Å². The Labute approximate surface area is 117 Å². The highest BCUT2D eigenvalue weighted by molar-refractivity contribution is 5.74. The smallest absolute Gasteiger partial charge is 0.311 e. The summed E-state index contributed by atoms with van der Waals surface area (Å²) in [6.07, 6.45) is 8.29. The van der Waals surface area contributed by atoms with Crippen LogP contribution in [0.15, 0.2) is 12.2 Å². The second-order valence-electron chi connectivity index (χ2n) is 5.63. The summed E-state index contributed by atoms with van der Waals surface area (Å²) in [5.74, 6) is 1.15. The van der Waals surface area contributed by atoms with Gasteiger partial charge < -0.3 is 4.74 Å². The van der Waals surface area contributed by atoms with Crippen molar-refractivity contribution < 1.29 is 9.53 Å². The zero-order valence-corrected chi connectivity index (χ0v) is 12.5. The zero-order valence-electron chi connectivity index (χ0n) is 12.5. The van der Waals surface area contributed by atoms with Gasteiger partial charge in [-0.25, -0.2) is 0 Å². The number of carbonyl (C=O) groups excluding carboxylic acids is 1. The molecule has 0 aromatic carbocycles. The number of rotatable bonds is 5. The highest BCUT2D eigenvalue weighted by atomic mass is 16.5. The molecular weight excluding hydrogens is 238 g/mol. The van der Waals surface area contributed by atoms with Gasteiger partial charge in [-0.15, -0.1) is 0 Å². The number of allylic oxidation sites excluding steroid dienone is 1. The maximum atomic E-state index is 12.4. The van der Waals surface area contributed by atoms with Crippen molar-refractivity contribution in [2.45, 2.75) is 46.1 Å². The minimum Gasteiger partial charge on any atom is -0.466 e. The van der Waals surface area contributed by atoms with Crippen molar-refractivity contribution >= 4 is 5.97 Å². The van der Waals surface area contributed by atoms with Crippen molar-refractivity contribution in [3.8, 4) is 0 Å². The molecule has 0 unspecified atom stereocenters. The summed E-state index contributed by atoms with van der Waals surface area (Å²) in [5, 5.41) is 0. The fourth-order valence-corrected chi connectivity index (χ4v) is 3.88. The highest BCUT2D eigenvalue weighted by Gasteiger charge is 2.45. The normalized spacial score (nSPS) is 33.5. The van der Waals surface area contributed by atoms with E-state index in [4.69, 9.17) is 4.74 Å². The Balaban J connectivity index is 2.23. The second kappa shape index (κ2) is 6.56. The molecule has 0 saturated heterocycles. The third-order valence-electron chi connectivity index (χ3n) is 4.80. The molecule has 0 aromatic rings. The predicted molar refractivity (Wildman–Crippen MR) is 76.8 cm³/mol. The lowest BCUT2D eigenvalue weighted by Crippen LogP contribution is -2.48. The average molecular weight is 265 g/mol. The number of hydrogen-bond donors (Lipinski definition) is 0. The molecule has 2 rings (SSSR count). The van der Waals surface area contributed by atoms with E-state index in [9.17, 15) is 4.79 Å². The molecule has 0 aliphatic heterocycles. The molecule has 4 atom stereocenters. The maximum Gasteiger partial charge on any atom is 0.311 e. The molecule has 3 nitrogen and oxygen atoms in total. The number of nitrogens with zero attached hydrogens (tertiary/aromatic N) is 1. The molecule has 2 aliphatic rings. The Morgan fingerprint density at radius 3 is 2.58 bits per heavy atom. The summed E-state index contributed by atoms with van der Waals surface area (Å²) in [4.78, 5) is 14.8. The Hall–Kier alpha value is -0.830. The number of esters is 1. The largest absolute Gasteiger partial charge is 0.466 e. The summed E-state index contributed by atoms with van der Waals surface area (Å²) in [6.45, 7) is 8.69.